The molecule has 0 radical (unpaired) electrons. The highest BCUT2D eigenvalue weighted by Crippen LogP contribution is 2.46. The minimum atomic E-state index is -0.000880. The molecule has 0 aliphatic heterocycles. The molecule has 2 aliphatic rings. The highest BCUT2D eigenvalue weighted by atomic mass is 16.3. The maximum Gasteiger partial charge on any atom is 0.0601 e. The van der Waals surface area contributed by atoms with Crippen molar-refractivity contribution in [1.29, 1.82) is 0 Å². The maximum atomic E-state index is 10.3. The molecule has 14 heavy (non-hydrogen) atoms. The predicted molar refractivity (Wildman–Crippen MR) is 59.1 cm³/mol. The van der Waals surface area contributed by atoms with Crippen LogP contribution in [0.15, 0.2) is 0 Å². The van der Waals surface area contributed by atoms with Crippen LogP contribution in [0.1, 0.15) is 58.8 Å². The van der Waals surface area contributed by atoms with Gasteiger partial charge in [0.05, 0.1) is 6.10 Å². The number of aliphatic hydroxyl groups excluding tert-OH is 1. The van der Waals surface area contributed by atoms with Gasteiger partial charge in [-0.25, -0.2) is 0 Å². The Morgan fingerprint density at radius 1 is 1.07 bits per heavy atom. The average Bonchev–Trinajstić information content (AvgIpc) is 1.99. The SMILES string of the molecule is CC1(C)CCCCC1C(O)C1CCC1. The van der Waals surface area contributed by atoms with Crippen LogP contribution in [0.3, 0.4) is 0 Å². The lowest BCUT2D eigenvalue weighted by Crippen LogP contribution is -2.42. The molecule has 1 heteroatoms. The molecule has 0 saturated heterocycles. The number of hydrogen-bond acceptors (Lipinski definition) is 1. The lowest BCUT2D eigenvalue weighted by molar-refractivity contribution is -0.0493. The number of hydrogen-bond donors (Lipinski definition) is 1. The summed E-state index contributed by atoms with van der Waals surface area (Å²) in [4.78, 5) is 0. The first-order chi connectivity index (χ1) is 6.61. The smallest absolute Gasteiger partial charge is 0.0601 e. The van der Waals surface area contributed by atoms with E-state index in [4.69, 9.17) is 0 Å². The van der Waals surface area contributed by atoms with Gasteiger partial charge in [0, 0.05) is 0 Å². The molecule has 2 rings (SSSR count). The zero-order valence-corrected chi connectivity index (χ0v) is 9.63. The molecule has 0 spiro atoms. The molecule has 2 saturated carbocycles. The summed E-state index contributed by atoms with van der Waals surface area (Å²) in [6.07, 6.45) is 9.14. The second-order valence-corrected chi connectivity index (χ2v) is 6.02. The van der Waals surface area contributed by atoms with E-state index < -0.39 is 0 Å². The molecule has 2 unspecified atom stereocenters. The normalized spacial score (nSPS) is 34.9. The molecular weight excluding hydrogens is 172 g/mol. The van der Waals surface area contributed by atoms with E-state index in [9.17, 15) is 5.11 Å². The Labute approximate surface area is 87.9 Å². The molecule has 0 bridgehead atoms. The van der Waals surface area contributed by atoms with Gasteiger partial charge in [0.1, 0.15) is 0 Å². The Balaban J connectivity index is 1.99. The molecule has 1 N–H and O–H groups in total. The molecule has 1 nitrogen and oxygen atoms in total. The first kappa shape index (κ1) is 10.5. The molecule has 2 atom stereocenters. The fourth-order valence-electron chi connectivity index (χ4n) is 3.26. The van der Waals surface area contributed by atoms with Gasteiger partial charge in [-0.2, -0.15) is 0 Å². The van der Waals surface area contributed by atoms with Gasteiger partial charge < -0.3 is 5.11 Å². The highest BCUT2D eigenvalue weighted by Gasteiger charge is 2.41. The van der Waals surface area contributed by atoms with Crippen molar-refractivity contribution in [1.82, 2.24) is 0 Å². The minimum absolute atomic E-state index is 0.000880. The van der Waals surface area contributed by atoms with Crippen LogP contribution < -0.4 is 0 Å². The standard InChI is InChI=1S/C13H24O/c1-13(2)9-4-3-8-11(13)12(14)10-6-5-7-10/h10-12,14H,3-9H2,1-2H3. The summed E-state index contributed by atoms with van der Waals surface area (Å²) in [5.74, 6) is 1.21. The average molecular weight is 196 g/mol. The second kappa shape index (κ2) is 3.84. The Bertz CT molecular complexity index is 193. The van der Waals surface area contributed by atoms with Crippen molar-refractivity contribution in [3.05, 3.63) is 0 Å². The van der Waals surface area contributed by atoms with Crippen LogP contribution in [-0.2, 0) is 0 Å². The molecule has 0 aromatic rings. The molecular formula is C13H24O. The lowest BCUT2D eigenvalue weighted by atomic mass is 9.62. The predicted octanol–water partition coefficient (Wildman–Crippen LogP) is 3.36. The third-order valence-electron chi connectivity index (χ3n) is 4.64. The van der Waals surface area contributed by atoms with Gasteiger partial charge in [-0.05, 0) is 42.9 Å². The summed E-state index contributed by atoms with van der Waals surface area (Å²) in [5.41, 5.74) is 0.382. The lowest BCUT2D eigenvalue weighted by Gasteiger charge is -2.45. The first-order valence-electron chi connectivity index (χ1n) is 6.29. The molecule has 2 aliphatic carbocycles. The van der Waals surface area contributed by atoms with Crippen LogP contribution in [0.2, 0.25) is 0 Å². The third-order valence-corrected chi connectivity index (χ3v) is 4.64. The molecule has 0 amide bonds. The fourth-order valence-corrected chi connectivity index (χ4v) is 3.26. The second-order valence-electron chi connectivity index (χ2n) is 6.02. The van der Waals surface area contributed by atoms with Gasteiger partial charge in [0.25, 0.3) is 0 Å². The van der Waals surface area contributed by atoms with E-state index >= 15 is 0 Å². The van der Waals surface area contributed by atoms with Crippen LogP contribution in [-0.4, -0.2) is 11.2 Å². The van der Waals surface area contributed by atoms with E-state index in [-0.39, 0.29) is 6.10 Å². The van der Waals surface area contributed by atoms with Crippen LogP contribution in [0.25, 0.3) is 0 Å². The fraction of sp³-hybridized carbons (Fsp3) is 1.00. The Morgan fingerprint density at radius 2 is 1.79 bits per heavy atom. The van der Waals surface area contributed by atoms with Gasteiger partial charge in [0.2, 0.25) is 0 Å². The molecule has 2 fully saturated rings. The van der Waals surface area contributed by atoms with Gasteiger partial charge in [-0.15, -0.1) is 0 Å². The summed E-state index contributed by atoms with van der Waals surface area (Å²) in [5, 5.41) is 10.3. The topological polar surface area (TPSA) is 20.2 Å². The van der Waals surface area contributed by atoms with Crippen molar-refractivity contribution >= 4 is 0 Å². The molecule has 0 aromatic heterocycles. The minimum Gasteiger partial charge on any atom is -0.393 e. The van der Waals surface area contributed by atoms with E-state index in [0.29, 0.717) is 17.3 Å². The monoisotopic (exact) mass is 196 g/mol. The van der Waals surface area contributed by atoms with E-state index in [0.717, 1.165) is 0 Å². The Hall–Kier alpha value is -0.0400. The Kier molecular flexibility index (Phi) is 2.88. The summed E-state index contributed by atoms with van der Waals surface area (Å²) in [7, 11) is 0. The maximum absolute atomic E-state index is 10.3. The Morgan fingerprint density at radius 3 is 2.29 bits per heavy atom. The highest BCUT2D eigenvalue weighted by molar-refractivity contribution is 4.91. The summed E-state index contributed by atoms with van der Waals surface area (Å²) in [6, 6.07) is 0. The zero-order chi connectivity index (χ0) is 10.2. The first-order valence-corrected chi connectivity index (χ1v) is 6.29. The molecule has 82 valence electrons. The van der Waals surface area contributed by atoms with Crippen molar-refractivity contribution in [2.75, 3.05) is 0 Å². The van der Waals surface area contributed by atoms with Crippen molar-refractivity contribution in [2.24, 2.45) is 17.3 Å². The summed E-state index contributed by atoms with van der Waals surface area (Å²) in [6.45, 7) is 4.69. The van der Waals surface area contributed by atoms with E-state index in [1.165, 1.54) is 44.9 Å². The van der Waals surface area contributed by atoms with Gasteiger partial charge >= 0.3 is 0 Å². The number of rotatable bonds is 2. The third kappa shape index (κ3) is 1.84. The van der Waals surface area contributed by atoms with Gasteiger partial charge in [-0.1, -0.05) is 33.1 Å². The summed E-state index contributed by atoms with van der Waals surface area (Å²) < 4.78 is 0. The van der Waals surface area contributed by atoms with Crippen molar-refractivity contribution in [3.8, 4) is 0 Å². The van der Waals surface area contributed by atoms with Crippen LogP contribution >= 0.6 is 0 Å². The van der Waals surface area contributed by atoms with Crippen LogP contribution in [0, 0.1) is 17.3 Å². The van der Waals surface area contributed by atoms with Crippen molar-refractivity contribution in [3.63, 3.8) is 0 Å². The van der Waals surface area contributed by atoms with Gasteiger partial charge in [-0.3, -0.25) is 0 Å². The largest absolute Gasteiger partial charge is 0.393 e. The van der Waals surface area contributed by atoms with Crippen molar-refractivity contribution < 1.29 is 5.11 Å². The quantitative estimate of drug-likeness (QED) is 0.718. The zero-order valence-electron chi connectivity index (χ0n) is 9.63. The van der Waals surface area contributed by atoms with E-state index in [1.807, 2.05) is 0 Å². The molecule has 0 heterocycles. The van der Waals surface area contributed by atoms with E-state index in [2.05, 4.69) is 13.8 Å². The summed E-state index contributed by atoms with van der Waals surface area (Å²) >= 11 is 0. The number of aliphatic hydroxyl groups is 1. The van der Waals surface area contributed by atoms with Crippen LogP contribution in [0.4, 0.5) is 0 Å². The van der Waals surface area contributed by atoms with Crippen molar-refractivity contribution in [2.45, 2.75) is 64.9 Å². The molecule has 0 aromatic carbocycles. The van der Waals surface area contributed by atoms with E-state index in [1.54, 1.807) is 0 Å². The van der Waals surface area contributed by atoms with Crippen LogP contribution in [0.5, 0.6) is 0 Å². The van der Waals surface area contributed by atoms with Gasteiger partial charge in [0.15, 0.2) is 0 Å².